The van der Waals surface area contributed by atoms with Crippen LogP contribution in [0, 0.1) is 0 Å². The van der Waals surface area contributed by atoms with E-state index in [-0.39, 0.29) is 16.4 Å². The van der Waals surface area contributed by atoms with Crippen LogP contribution in [0.4, 0.5) is 11.4 Å². The third-order valence-corrected chi connectivity index (χ3v) is 5.68. The lowest BCUT2D eigenvalue weighted by Crippen LogP contribution is -2.35. The number of carbonyl (C=O) groups excluding carboxylic acids is 2. The summed E-state index contributed by atoms with van der Waals surface area (Å²) in [5.74, 6) is -0.579. The van der Waals surface area contributed by atoms with Crippen LogP contribution in [0.1, 0.15) is 29.6 Å². The number of esters is 1. The molecular formula is C19H20N2O5S. The van der Waals surface area contributed by atoms with Crippen LogP contribution in [0.3, 0.4) is 0 Å². The number of sulfonamides is 1. The molecule has 1 heterocycles. The third-order valence-electron chi connectivity index (χ3n) is 4.30. The highest BCUT2D eigenvalue weighted by Crippen LogP contribution is 2.25. The van der Waals surface area contributed by atoms with Crippen LogP contribution in [-0.2, 0) is 19.6 Å². The molecule has 1 aliphatic heterocycles. The Bertz CT molecular complexity index is 972. The summed E-state index contributed by atoms with van der Waals surface area (Å²) in [6.45, 7) is 0.621. The van der Waals surface area contributed by atoms with E-state index in [2.05, 4.69) is 9.46 Å². The molecule has 0 saturated carbocycles. The molecule has 1 amide bonds. The van der Waals surface area contributed by atoms with Crippen LogP contribution in [0.2, 0.25) is 0 Å². The molecule has 8 heteroatoms. The van der Waals surface area contributed by atoms with Crippen molar-refractivity contribution >= 4 is 33.3 Å². The van der Waals surface area contributed by atoms with Gasteiger partial charge in [-0.05, 0) is 49.2 Å². The number of benzene rings is 2. The van der Waals surface area contributed by atoms with Gasteiger partial charge in [0.05, 0.1) is 23.3 Å². The number of anilines is 2. The number of hydrogen-bond donors (Lipinski definition) is 1. The van der Waals surface area contributed by atoms with E-state index in [9.17, 15) is 18.0 Å². The van der Waals surface area contributed by atoms with Crippen molar-refractivity contribution in [3.05, 3.63) is 54.1 Å². The van der Waals surface area contributed by atoms with Crippen molar-refractivity contribution in [3.63, 3.8) is 0 Å². The van der Waals surface area contributed by atoms with Gasteiger partial charge in [0.25, 0.3) is 10.0 Å². The molecule has 0 radical (unpaired) electrons. The lowest BCUT2D eigenvalue weighted by Gasteiger charge is -2.27. The summed E-state index contributed by atoms with van der Waals surface area (Å²) < 4.78 is 32.5. The number of nitrogens with zero attached hydrogens (tertiary/aromatic N) is 1. The average molecular weight is 388 g/mol. The van der Waals surface area contributed by atoms with E-state index < -0.39 is 16.0 Å². The van der Waals surface area contributed by atoms with Gasteiger partial charge in [0.15, 0.2) is 0 Å². The summed E-state index contributed by atoms with van der Waals surface area (Å²) >= 11 is 0. The molecule has 0 unspecified atom stereocenters. The van der Waals surface area contributed by atoms with Gasteiger partial charge in [-0.3, -0.25) is 9.52 Å². The second-order valence-corrected chi connectivity index (χ2v) is 7.86. The van der Waals surface area contributed by atoms with Crippen molar-refractivity contribution in [3.8, 4) is 0 Å². The lowest BCUT2D eigenvalue weighted by atomic mass is 10.1. The quantitative estimate of drug-likeness (QED) is 0.795. The number of methoxy groups -OCH3 is 1. The van der Waals surface area contributed by atoms with Gasteiger partial charge in [-0.1, -0.05) is 12.1 Å². The Morgan fingerprint density at radius 2 is 1.89 bits per heavy atom. The van der Waals surface area contributed by atoms with E-state index in [4.69, 9.17) is 0 Å². The predicted molar refractivity (Wildman–Crippen MR) is 101 cm³/mol. The molecule has 1 aliphatic rings. The SMILES string of the molecule is COC(=O)c1cccc(S(=O)(=O)Nc2cccc(N3CCCCC3=O)c2)c1. The zero-order valence-corrected chi connectivity index (χ0v) is 15.7. The van der Waals surface area contributed by atoms with Crippen LogP contribution in [0.25, 0.3) is 0 Å². The summed E-state index contributed by atoms with van der Waals surface area (Å²) in [7, 11) is -2.67. The van der Waals surface area contributed by atoms with Crippen molar-refractivity contribution in [2.75, 3.05) is 23.3 Å². The van der Waals surface area contributed by atoms with E-state index in [1.165, 1.54) is 31.4 Å². The highest BCUT2D eigenvalue weighted by atomic mass is 32.2. The average Bonchev–Trinajstić information content (AvgIpc) is 2.67. The smallest absolute Gasteiger partial charge is 0.337 e. The van der Waals surface area contributed by atoms with Gasteiger partial charge in [-0.25, -0.2) is 13.2 Å². The predicted octanol–water partition coefficient (Wildman–Crippen LogP) is 2.79. The van der Waals surface area contributed by atoms with Crippen molar-refractivity contribution in [2.45, 2.75) is 24.2 Å². The fraction of sp³-hybridized carbons (Fsp3) is 0.263. The first-order valence-corrected chi connectivity index (χ1v) is 10.0. The molecule has 0 aliphatic carbocycles. The standard InChI is InChI=1S/C19H20N2O5S/c1-26-19(23)14-6-4-9-17(12-14)27(24,25)20-15-7-5-8-16(13-15)21-11-3-2-10-18(21)22/h4-9,12-13,20H,2-3,10-11H2,1H3. The van der Waals surface area contributed by atoms with Crippen LogP contribution in [-0.4, -0.2) is 33.9 Å². The Morgan fingerprint density at radius 1 is 1.11 bits per heavy atom. The zero-order valence-electron chi connectivity index (χ0n) is 14.8. The van der Waals surface area contributed by atoms with Gasteiger partial charge >= 0.3 is 5.97 Å². The fourth-order valence-electron chi connectivity index (χ4n) is 2.94. The molecule has 1 saturated heterocycles. The Kier molecular flexibility index (Phi) is 5.46. The molecule has 142 valence electrons. The number of rotatable bonds is 5. The maximum atomic E-state index is 12.7. The minimum atomic E-state index is -3.90. The highest BCUT2D eigenvalue weighted by Gasteiger charge is 2.21. The van der Waals surface area contributed by atoms with E-state index in [1.54, 1.807) is 29.2 Å². The first kappa shape index (κ1) is 18.9. The number of carbonyl (C=O) groups is 2. The topological polar surface area (TPSA) is 92.8 Å². The van der Waals surface area contributed by atoms with Gasteiger partial charge in [0.1, 0.15) is 0 Å². The number of amides is 1. The molecule has 0 bridgehead atoms. The second-order valence-electron chi connectivity index (χ2n) is 6.18. The number of hydrogen-bond acceptors (Lipinski definition) is 5. The number of ether oxygens (including phenoxy) is 1. The van der Waals surface area contributed by atoms with Gasteiger partial charge in [-0.2, -0.15) is 0 Å². The molecule has 0 spiro atoms. The third kappa shape index (κ3) is 4.28. The van der Waals surface area contributed by atoms with Crippen molar-refractivity contribution in [1.82, 2.24) is 0 Å². The Hall–Kier alpha value is -2.87. The minimum absolute atomic E-state index is 0.0343. The summed E-state index contributed by atoms with van der Waals surface area (Å²) in [6, 6.07) is 12.3. The van der Waals surface area contributed by atoms with E-state index in [1.807, 2.05) is 0 Å². The Labute approximate surface area is 158 Å². The lowest BCUT2D eigenvalue weighted by molar-refractivity contribution is -0.119. The van der Waals surface area contributed by atoms with E-state index in [0.717, 1.165) is 12.8 Å². The number of nitrogens with one attached hydrogen (secondary N) is 1. The van der Waals surface area contributed by atoms with Gasteiger partial charge in [-0.15, -0.1) is 0 Å². The van der Waals surface area contributed by atoms with Crippen LogP contribution in [0.15, 0.2) is 53.4 Å². The minimum Gasteiger partial charge on any atom is -0.465 e. The van der Waals surface area contributed by atoms with Crippen LogP contribution >= 0.6 is 0 Å². The first-order chi connectivity index (χ1) is 12.9. The zero-order chi connectivity index (χ0) is 19.4. The Morgan fingerprint density at radius 3 is 2.63 bits per heavy atom. The normalized spacial score (nSPS) is 14.7. The van der Waals surface area contributed by atoms with Gasteiger partial charge < -0.3 is 9.64 Å². The molecule has 2 aromatic rings. The highest BCUT2D eigenvalue weighted by molar-refractivity contribution is 7.92. The summed E-state index contributed by atoms with van der Waals surface area (Å²) in [4.78, 5) is 25.3. The molecule has 2 aromatic carbocycles. The summed E-state index contributed by atoms with van der Waals surface area (Å²) in [5, 5.41) is 0. The van der Waals surface area contributed by atoms with Crippen molar-refractivity contribution in [2.24, 2.45) is 0 Å². The molecule has 0 atom stereocenters. The summed E-state index contributed by atoms with van der Waals surface area (Å²) in [6.07, 6.45) is 2.29. The fourth-order valence-corrected chi connectivity index (χ4v) is 4.03. The first-order valence-electron chi connectivity index (χ1n) is 8.52. The molecule has 1 fully saturated rings. The van der Waals surface area contributed by atoms with Crippen molar-refractivity contribution in [1.29, 1.82) is 0 Å². The van der Waals surface area contributed by atoms with Gasteiger partial charge in [0.2, 0.25) is 5.91 Å². The molecule has 1 N–H and O–H groups in total. The monoisotopic (exact) mass is 388 g/mol. The molecule has 27 heavy (non-hydrogen) atoms. The summed E-state index contributed by atoms with van der Waals surface area (Å²) in [5.41, 5.74) is 1.14. The largest absolute Gasteiger partial charge is 0.465 e. The number of piperidine rings is 1. The van der Waals surface area contributed by atoms with Gasteiger partial charge in [0, 0.05) is 18.7 Å². The molecular weight excluding hydrogens is 368 g/mol. The Balaban J connectivity index is 1.85. The molecule has 3 rings (SSSR count). The van der Waals surface area contributed by atoms with Crippen molar-refractivity contribution < 1.29 is 22.7 Å². The van der Waals surface area contributed by atoms with E-state index in [0.29, 0.717) is 24.3 Å². The maximum absolute atomic E-state index is 12.7. The van der Waals surface area contributed by atoms with Crippen LogP contribution < -0.4 is 9.62 Å². The molecule has 7 nitrogen and oxygen atoms in total. The second kappa shape index (κ2) is 7.79. The molecule has 0 aromatic heterocycles. The maximum Gasteiger partial charge on any atom is 0.337 e. The van der Waals surface area contributed by atoms with E-state index >= 15 is 0 Å². The van der Waals surface area contributed by atoms with Crippen LogP contribution in [0.5, 0.6) is 0 Å².